The number of thiol groups is 1. The number of aromatic nitrogens is 8. The number of aldehydes is 1. The number of hydrogen-bond donors (Lipinski definition) is 6. The molecular weight excluding hydrogens is 690 g/mol. The second kappa shape index (κ2) is 12.6. The number of nitrogens with zero attached hydrogens (tertiary/aromatic N) is 7. The summed E-state index contributed by atoms with van der Waals surface area (Å²) >= 11 is 8.86. The maximum absolute atomic E-state index is 13.1. The van der Waals surface area contributed by atoms with Gasteiger partial charge in [0.25, 0.3) is 0 Å². The highest BCUT2D eigenvalue weighted by Crippen LogP contribution is 2.53. The molecule has 2 saturated heterocycles. The van der Waals surface area contributed by atoms with Gasteiger partial charge < -0.3 is 49.6 Å². The third-order valence-corrected chi connectivity index (χ3v) is 10.0. The Bertz CT molecular complexity index is 1940. The molecule has 0 aliphatic carbocycles. The van der Waals surface area contributed by atoms with Gasteiger partial charge in [0.15, 0.2) is 29.2 Å². The van der Waals surface area contributed by atoms with E-state index in [-0.39, 0.29) is 35.8 Å². The summed E-state index contributed by atoms with van der Waals surface area (Å²) in [5.74, 6) is -1.14. The first-order valence-electron chi connectivity index (χ1n) is 13.5. The lowest BCUT2D eigenvalue weighted by Crippen LogP contribution is -2.32. The summed E-state index contributed by atoms with van der Waals surface area (Å²) in [5.41, 5.74) is 12.0. The van der Waals surface area contributed by atoms with E-state index in [9.17, 15) is 23.9 Å². The molecule has 4 unspecified atom stereocenters. The standard InChI is InChI=1S/C22H28N10O10P2S2/c1-9-12(5-38-43(35,36)45)41-21(32-19-14(30-22(32)34)17(24)26-7-28-19)15(9)42-44(37,46)39-4-11-2-10(3-33)20(40-11)31-8-29-13-16(23)25-6-27-18(13)31/h3,6-12,15,20-21H,2,4-5H2,1H3,(H,30,34)(H,37,46)(H2,23,25,27)(H2,24,26,28)(H2,35,36,45)/t9?,10?,11-,12+,15+,20+,21+,44?/m0/s1. The Morgan fingerprint density at radius 1 is 1.11 bits per heavy atom. The molecule has 9 atom stereocenters. The SMILES string of the molecule is CC1[C@@H](OP(O)(=S)OC[C@@H]2CC(C=O)[C@H](n3cnc4c(N)ncnc43)O2)[C@H](n2c(=O)[nH]c3c(N)ncnc32)O[C@@H]1COP(=O)(O)S. The fourth-order valence-corrected chi connectivity index (χ4v) is 7.50. The molecule has 46 heavy (non-hydrogen) atoms. The minimum atomic E-state index is -4.19. The van der Waals surface area contributed by atoms with Crippen molar-refractivity contribution in [1.82, 2.24) is 39.0 Å². The Morgan fingerprint density at radius 3 is 2.54 bits per heavy atom. The number of aromatic amines is 1. The van der Waals surface area contributed by atoms with Crippen LogP contribution >= 0.6 is 25.8 Å². The zero-order valence-electron chi connectivity index (χ0n) is 23.7. The van der Waals surface area contributed by atoms with Crippen LogP contribution in [0.25, 0.3) is 22.3 Å². The zero-order valence-corrected chi connectivity index (χ0v) is 27.2. The first kappa shape index (κ1) is 33.0. The van der Waals surface area contributed by atoms with Gasteiger partial charge in [-0.1, -0.05) is 19.2 Å². The van der Waals surface area contributed by atoms with Crippen molar-refractivity contribution >= 4 is 77.8 Å². The van der Waals surface area contributed by atoms with E-state index in [1.54, 1.807) is 11.5 Å². The van der Waals surface area contributed by atoms with E-state index < -0.39 is 68.4 Å². The molecule has 0 amide bonds. The molecule has 6 rings (SSSR count). The number of hydrogen-bond acceptors (Lipinski definition) is 16. The highest BCUT2D eigenvalue weighted by Gasteiger charge is 2.48. The fourth-order valence-electron chi connectivity index (χ4n) is 5.45. The Kier molecular flexibility index (Phi) is 9.06. The lowest BCUT2D eigenvalue weighted by atomic mass is 10.0. The van der Waals surface area contributed by atoms with Gasteiger partial charge in [0.2, 0.25) is 0 Å². The van der Waals surface area contributed by atoms with Crippen LogP contribution in [0, 0.1) is 11.8 Å². The molecule has 0 spiro atoms. The van der Waals surface area contributed by atoms with Gasteiger partial charge in [0, 0.05) is 5.92 Å². The molecule has 7 N–H and O–H groups in total. The summed E-state index contributed by atoms with van der Waals surface area (Å²) in [7, 11) is 0. The van der Waals surface area contributed by atoms with Crippen LogP contribution < -0.4 is 17.2 Å². The number of nitrogens with two attached hydrogens (primary N) is 2. The number of rotatable bonds is 11. The first-order chi connectivity index (χ1) is 21.8. The second-order valence-electron chi connectivity index (χ2n) is 10.6. The summed E-state index contributed by atoms with van der Waals surface area (Å²) in [4.78, 5) is 68.6. The number of imidazole rings is 2. The van der Waals surface area contributed by atoms with Crippen LogP contribution in [-0.4, -0.2) is 86.6 Å². The van der Waals surface area contributed by atoms with E-state index in [0.29, 0.717) is 11.2 Å². The monoisotopic (exact) mass is 718 g/mol. The zero-order chi connectivity index (χ0) is 33.0. The van der Waals surface area contributed by atoms with Gasteiger partial charge in [0.05, 0.1) is 37.7 Å². The van der Waals surface area contributed by atoms with Gasteiger partial charge in [-0.25, -0.2) is 38.8 Å². The number of nitrogen functional groups attached to an aromatic ring is 2. The van der Waals surface area contributed by atoms with Gasteiger partial charge >= 0.3 is 19.2 Å². The molecule has 4 aromatic rings. The maximum Gasteiger partial charge on any atom is 0.383 e. The van der Waals surface area contributed by atoms with Crippen molar-refractivity contribution in [2.75, 3.05) is 24.7 Å². The summed E-state index contributed by atoms with van der Waals surface area (Å²) < 4.78 is 43.0. The van der Waals surface area contributed by atoms with Crippen LogP contribution in [0.3, 0.4) is 0 Å². The molecule has 2 aliphatic rings. The minimum Gasteiger partial charge on any atom is -0.382 e. The predicted molar refractivity (Wildman–Crippen MR) is 166 cm³/mol. The summed E-state index contributed by atoms with van der Waals surface area (Å²) in [6, 6.07) is 0. The lowest BCUT2D eigenvalue weighted by molar-refractivity contribution is -0.114. The van der Waals surface area contributed by atoms with Crippen LogP contribution in [0.2, 0.25) is 0 Å². The molecule has 248 valence electrons. The fraction of sp³-hybridized carbons (Fsp3) is 0.500. The van der Waals surface area contributed by atoms with Crippen LogP contribution in [0.5, 0.6) is 0 Å². The van der Waals surface area contributed by atoms with E-state index in [2.05, 4.69) is 42.2 Å². The predicted octanol–water partition coefficient (Wildman–Crippen LogP) is 0.425. The largest absolute Gasteiger partial charge is 0.383 e. The molecule has 24 heteroatoms. The molecular formula is C22H28N10O10P2S2. The van der Waals surface area contributed by atoms with Gasteiger partial charge in [-0.15, -0.1) is 0 Å². The lowest BCUT2D eigenvalue weighted by Gasteiger charge is -2.27. The Morgan fingerprint density at radius 2 is 1.83 bits per heavy atom. The van der Waals surface area contributed by atoms with Gasteiger partial charge in [-0.2, -0.15) is 0 Å². The number of fused-ring (bicyclic) bond motifs is 2. The molecule has 0 radical (unpaired) electrons. The topological polar surface area (TPSA) is 280 Å². The number of ether oxygens (including phenoxy) is 2. The Labute approximate surface area is 268 Å². The number of anilines is 2. The van der Waals surface area contributed by atoms with Crippen molar-refractivity contribution in [2.24, 2.45) is 11.8 Å². The number of nitrogens with one attached hydrogen (secondary N) is 1. The van der Waals surface area contributed by atoms with E-state index in [0.717, 1.165) is 17.2 Å². The molecule has 6 heterocycles. The molecule has 20 nitrogen and oxygen atoms in total. The molecule has 4 aromatic heterocycles. The van der Waals surface area contributed by atoms with Crippen LogP contribution in [0.15, 0.2) is 23.8 Å². The Hall–Kier alpha value is -2.88. The van der Waals surface area contributed by atoms with Crippen molar-refractivity contribution in [3.05, 3.63) is 29.5 Å². The van der Waals surface area contributed by atoms with Crippen molar-refractivity contribution in [3.63, 3.8) is 0 Å². The van der Waals surface area contributed by atoms with E-state index in [1.807, 2.05) is 0 Å². The molecule has 2 aliphatic heterocycles. The quantitative estimate of drug-likeness (QED) is 0.0696. The average Bonchev–Trinajstić information content (AvgIpc) is 3.75. The molecule has 0 saturated carbocycles. The number of carbonyl (C=O) groups excluding carboxylic acids is 1. The normalized spacial score (nSPS) is 29.3. The van der Waals surface area contributed by atoms with Crippen molar-refractivity contribution < 1.29 is 42.2 Å². The van der Waals surface area contributed by atoms with Crippen molar-refractivity contribution in [3.8, 4) is 0 Å². The van der Waals surface area contributed by atoms with Crippen LogP contribution in [-0.2, 0) is 44.2 Å². The minimum absolute atomic E-state index is 0.000694. The third kappa shape index (κ3) is 6.47. The van der Waals surface area contributed by atoms with E-state index in [4.69, 9.17) is 46.3 Å². The summed E-state index contributed by atoms with van der Waals surface area (Å²) in [5, 5.41) is 0. The average molecular weight is 719 g/mol. The highest BCUT2D eigenvalue weighted by atomic mass is 32.7. The second-order valence-corrected chi connectivity index (χ2v) is 16.1. The highest BCUT2D eigenvalue weighted by molar-refractivity contribution is 8.44. The molecule has 2 fully saturated rings. The van der Waals surface area contributed by atoms with Crippen LogP contribution in [0.1, 0.15) is 25.8 Å². The smallest absolute Gasteiger partial charge is 0.382 e. The van der Waals surface area contributed by atoms with Gasteiger partial charge in [-0.3, -0.25) is 9.09 Å². The Balaban J connectivity index is 1.20. The summed E-state index contributed by atoms with van der Waals surface area (Å²) in [6.07, 6.45) is -0.0425. The van der Waals surface area contributed by atoms with Crippen LogP contribution in [0.4, 0.5) is 11.6 Å². The van der Waals surface area contributed by atoms with E-state index >= 15 is 0 Å². The number of H-pyrrole nitrogens is 1. The van der Waals surface area contributed by atoms with E-state index in [1.165, 1.54) is 12.7 Å². The molecule has 0 aromatic carbocycles. The number of carbonyl (C=O) groups is 1. The maximum atomic E-state index is 13.1. The molecule has 0 bridgehead atoms. The van der Waals surface area contributed by atoms with Gasteiger partial charge in [-0.05, 0) is 18.2 Å². The van der Waals surface area contributed by atoms with Gasteiger partial charge in [0.1, 0.15) is 42.3 Å². The first-order valence-corrected chi connectivity index (χ1v) is 18.8. The van der Waals surface area contributed by atoms with Crippen molar-refractivity contribution in [2.45, 2.75) is 44.1 Å². The van der Waals surface area contributed by atoms with Crippen molar-refractivity contribution in [1.29, 1.82) is 0 Å². The summed E-state index contributed by atoms with van der Waals surface area (Å²) in [6.45, 7) is -7.33. The third-order valence-electron chi connectivity index (χ3n) is 7.64.